The monoisotopic (exact) mass is 516 g/mol. The van der Waals surface area contributed by atoms with Crippen LogP contribution in [-0.4, -0.2) is 56.9 Å². The normalized spacial score (nSPS) is 22.3. The number of anilines is 1. The molecule has 2 saturated carbocycles. The van der Waals surface area contributed by atoms with E-state index >= 15 is 4.39 Å². The number of hydrogen-bond donors (Lipinski definition) is 1. The fraction of sp³-hybridized carbons (Fsp3) is 0.517. The van der Waals surface area contributed by atoms with E-state index in [4.69, 9.17) is 9.72 Å². The molecule has 4 fully saturated rings. The Kier molecular flexibility index (Phi) is 5.63. The molecule has 1 atom stereocenters. The first-order valence-electron chi connectivity index (χ1n) is 13.6. The largest absolute Gasteiger partial charge is 0.379 e. The summed E-state index contributed by atoms with van der Waals surface area (Å²) in [5.41, 5.74) is 3.71. The Hall–Kier alpha value is -3.17. The molecule has 1 aromatic carbocycles. The molecule has 1 N–H and O–H groups in total. The molecule has 4 heterocycles. The van der Waals surface area contributed by atoms with Crippen molar-refractivity contribution in [3.8, 4) is 0 Å². The lowest BCUT2D eigenvalue weighted by molar-refractivity contribution is -0.102. The Balaban J connectivity index is 1.11. The van der Waals surface area contributed by atoms with Gasteiger partial charge >= 0.3 is 0 Å². The second-order valence-electron chi connectivity index (χ2n) is 11.9. The Morgan fingerprint density at radius 3 is 2.71 bits per heavy atom. The fourth-order valence-corrected chi connectivity index (χ4v) is 6.06. The number of pyridine rings is 1. The molecule has 0 radical (unpaired) electrons. The summed E-state index contributed by atoms with van der Waals surface area (Å²) >= 11 is 0. The average molecular weight is 517 g/mol. The first kappa shape index (κ1) is 23.9. The molecule has 198 valence electrons. The molecule has 2 aliphatic carbocycles. The maximum Gasteiger partial charge on any atom is 0.274 e. The number of ether oxygens (including phenoxy) is 1. The number of halogens is 1. The van der Waals surface area contributed by atoms with E-state index in [1.165, 1.54) is 25.6 Å². The molecule has 9 heteroatoms. The van der Waals surface area contributed by atoms with Gasteiger partial charge in [0.2, 0.25) is 0 Å². The Morgan fingerprint density at radius 1 is 1.21 bits per heavy atom. The maximum absolute atomic E-state index is 15.8. The number of benzene rings is 1. The average Bonchev–Trinajstić information content (AvgIpc) is 3.78. The molecule has 0 unspecified atom stereocenters. The van der Waals surface area contributed by atoms with Gasteiger partial charge in [-0.3, -0.25) is 9.69 Å². The summed E-state index contributed by atoms with van der Waals surface area (Å²) < 4.78 is 22.8. The Labute approximate surface area is 221 Å². The van der Waals surface area contributed by atoms with Gasteiger partial charge in [0, 0.05) is 37.4 Å². The van der Waals surface area contributed by atoms with E-state index in [9.17, 15) is 4.79 Å². The third-order valence-corrected chi connectivity index (χ3v) is 8.89. The number of nitrogens with one attached hydrogen (secondary N) is 1. The van der Waals surface area contributed by atoms with Crippen LogP contribution in [0.25, 0.3) is 0 Å². The highest BCUT2D eigenvalue weighted by atomic mass is 19.1. The topological polar surface area (TPSA) is 85.2 Å². The van der Waals surface area contributed by atoms with Gasteiger partial charge in [-0.25, -0.2) is 9.37 Å². The number of amides is 1. The SMILES string of the molecule is Cn1cnnc1[C@@H](F)C1(c2cccc(NC(=O)c3cc(CN4CCC5(CC5)C4)cc(C4CC4)n3)c2)COC1. The van der Waals surface area contributed by atoms with Crippen molar-refractivity contribution in [3.63, 3.8) is 0 Å². The van der Waals surface area contributed by atoms with E-state index in [1.807, 2.05) is 30.3 Å². The number of carbonyl (C=O) groups is 1. The summed E-state index contributed by atoms with van der Waals surface area (Å²) in [6.45, 7) is 3.64. The Morgan fingerprint density at radius 2 is 2.05 bits per heavy atom. The second kappa shape index (κ2) is 8.95. The van der Waals surface area contributed by atoms with Gasteiger partial charge in [-0.2, -0.15) is 0 Å². The molecule has 0 bridgehead atoms. The van der Waals surface area contributed by atoms with Gasteiger partial charge in [-0.15, -0.1) is 10.2 Å². The summed E-state index contributed by atoms with van der Waals surface area (Å²) in [4.78, 5) is 20.7. The van der Waals surface area contributed by atoms with Crippen molar-refractivity contribution in [2.24, 2.45) is 12.5 Å². The molecule has 7 rings (SSSR count). The van der Waals surface area contributed by atoms with Gasteiger partial charge in [0.05, 0.1) is 18.6 Å². The third kappa shape index (κ3) is 4.31. The zero-order valence-corrected chi connectivity index (χ0v) is 21.7. The van der Waals surface area contributed by atoms with Crippen LogP contribution in [0.15, 0.2) is 42.7 Å². The van der Waals surface area contributed by atoms with Crippen LogP contribution < -0.4 is 5.32 Å². The van der Waals surface area contributed by atoms with Crippen LogP contribution in [0, 0.1) is 5.41 Å². The van der Waals surface area contributed by atoms with E-state index in [-0.39, 0.29) is 24.9 Å². The lowest BCUT2D eigenvalue weighted by Gasteiger charge is -2.43. The summed E-state index contributed by atoms with van der Waals surface area (Å²) in [6, 6.07) is 11.5. The molecular formula is C29H33FN6O2. The van der Waals surface area contributed by atoms with E-state index < -0.39 is 11.6 Å². The predicted molar refractivity (Wildman–Crippen MR) is 140 cm³/mol. The highest BCUT2D eigenvalue weighted by Crippen LogP contribution is 2.53. The van der Waals surface area contributed by atoms with Crippen LogP contribution in [0.1, 0.15) is 77.3 Å². The van der Waals surface area contributed by atoms with E-state index in [0.717, 1.165) is 49.3 Å². The Bertz CT molecular complexity index is 1380. The van der Waals surface area contributed by atoms with Crippen molar-refractivity contribution >= 4 is 11.6 Å². The molecule has 2 aliphatic heterocycles. The summed E-state index contributed by atoms with van der Waals surface area (Å²) in [5, 5.41) is 10.8. The second-order valence-corrected chi connectivity index (χ2v) is 11.9. The number of rotatable bonds is 8. The standard InChI is InChI=1S/C29H33FN6O2/c1-35-18-31-34-26(35)25(30)29(16-38-17-29)21-3-2-4-22(13-21)32-27(37)24-12-19(11-23(33-24)20-5-6-20)14-36-10-9-28(15-36)7-8-28/h2-4,11-13,18,20,25H,5-10,14-17H2,1H3,(H,32,37)/t25-/m1/s1. The van der Waals surface area contributed by atoms with Crippen LogP contribution >= 0.6 is 0 Å². The van der Waals surface area contributed by atoms with Gasteiger partial charge in [0.25, 0.3) is 5.91 Å². The minimum atomic E-state index is -1.38. The smallest absolute Gasteiger partial charge is 0.274 e. The highest BCUT2D eigenvalue weighted by molar-refractivity contribution is 6.03. The molecule has 3 aromatic rings. The number of alkyl halides is 1. The zero-order valence-electron chi connectivity index (χ0n) is 21.7. The third-order valence-electron chi connectivity index (χ3n) is 8.89. The number of carbonyl (C=O) groups excluding carboxylic acids is 1. The summed E-state index contributed by atoms with van der Waals surface area (Å²) in [6.07, 6.45) is 6.38. The number of aryl methyl sites for hydroxylation is 1. The lowest BCUT2D eigenvalue weighted by Crippen LogP contribution is -2.50. The minimum Gasteiger partial charge on any atom is -0.379 e. The minimum absolute atomic E-state index is 0.241. The van der Waals surface area contributed by atoms with Gasteiger partial charge in [0.1, 0.15) is 12.0 Å². The zero-order chi connectivity index (χ0) is 25.9. The molecule has 4 aliphatic rings. The first-order valence-corrected chi connectivity index (χ1v) is 13.6. The van der Waals surface area contributed by atoms with Crippen LogP contribution in [0.2, 0.25) is 0 Å². The van der Waals surface area contributed by atoms with Crippen LogP contribution in [0.4, 0.5) is 10.1 Å². The van der Waals surface area contributed by atoms with Crippen LogP contribution in [0.5, 0.6) is 0 Å². The molecule has 38 heavy (non-hydrogen) atoms. The van der Waals surface area contributed by atoms with E-state index in [0.29, 0.717) is 22.7 Å². The summed E-state index contributed by atoms with van der Waals surface area (Å²) in [7, 11) is 1.73. The lowest BCUT2D eigenvalue weighted by atomic mass is 9.74. The number of likely N-dealkylation sites (tertiary alicyclic amines) is 1. The molecular weight excluding hydrogens is 483 g/mol. The van der Waals surface area contributed by atoms with Gasteiger partial charge in [-0.1, -0.05) is 12.1 Å². The van der Waals surface area contributed by atoms with E-state index in [1.54, 1.807) is 11.6 Å². The molecule has 2 saturated heterocycles. The number of aromatic nitrogens is 4. The van der Waals surface area contributed by atoms with E-state index in [2.05, 4.69) is 26.5 Å². The fourth-order valence-electron chi connectivity index (χ4n) is 6.06. The van der Waals surface area contributed by atoms with Crippen LogP contribution in [0.3, 0.4) is 0 Å². The van der Waals surface area contributed by atoms with Crippen molar-refractivity contribution in [3.05, 3.63) is 71.1 Å². The maximum atomic E-state index is 15.8. The van der Waals surface area contributed by atoms with Crippen molar-refractivity contribution < 1.29 is 13.9 Å². The summed E-state index contributed by atoms with van der Waals surface area (Å²) in [5.74, 6) is 0.482. The number of nitrogens with zero attached hydrogens (tertiary/aromatic N) is 5. The van der Waals surface area contributed by atoms with Crippen molar-refractivity contribution in [1.29, 1.82) is 0 Å². The van der Waals surface area contributed by atoms with Crippen molar-refractivity contribution in [2.75, 3.05) is 31.6 Å². The predicted octanol–water partition coefficient (Wildman–Crippen LogP) is 4.30. The van der Waals surface area contributed by atoms with Gasteiger partial charge in [0.15, 0.2) is 12.0 Å². The molecule has 1 amide bonds. The molecule has 8 nitrogen and oxygen atoms in total. The van der Waals surface area contributed by atoms with Gasteiger partial charge in [-0.05, 0) is 79.5 Å². The highest BCUT2D eigenvalue weighted by Gasteiger charge is 2.50. The van der Waals surface area contributed by atoms with Crippen molar-refractivity contribution in [1.82, 2.24) is 24.6 Å². The van der Waals surface area contributed by atoms with Crippen molar-refractivity contribution in [2.45, 2.75) is 56.2 Å². The van der Waals surface area contributed by atoms with Gasteiger partial charge < -0.3 is 14.6 Å². The number of hydrogen-bond acceptors (Lipinski definition) is 6. The quantitative estimate of drug-likeness (QED) is 0.481. The van der Waals surface area contributed by atoms with Crippen LogP contribution in [-0.2, 0) is 23.7 Å². The first-order chi connectivity index (χ1) is 18.4. The molecule has 2 aromatic heterocycles. The molecule has 1 spiro atoms.